The number of nitrogens with one attached hydrogen (secondary N) is 1. The molecule has 1 heterocycles. The smallest absolute Gasteiger partial charge is 0.226 e. The Hall–Kier alpha value is -1.55. The van der Waals surface area contributed by atoms with Gasteiger partial charge in [0.15, 0.2) is 0 Å². The van der Waals surface area contributed by atoms with Crippen LogP contribution >= 0.6 is 0 Å². The second-order valence-corrected chi connectivity index (χ2v) is 5.47. The molecule has 0 fully saturated rings. The maximum atomic E-state index is 12.1. The number of para-hydroxylation sites is 1. The van der Waals surface area contributed by atoms with Crippen molar-refractivity contribution in [2.24, 2.45) is 17.6 Å². The third-order valence-electron chi connectivity index (χ3n) is 3.62. The van der Waals surface area contributed by atoms with Crippen LogP contribution in [0.5, 0.6) is 5.75 Å². The van der Waals surface area contributed by atoms with Crippen LogP contribution in [0.3, 0.4) is 0 Å². The molecule has 1 aromatic rings. The third kappa shape index (κ3) is 3.47. The van der Waals surface area contributed by atoms with Crippen LogP contribution < -0.4 is 15.8 Å². The average molecular weight is 262 g/mol. The van der Waals surface area contributed by atoms with Crippen LogP contribution in [0, 0.1) is 11.8 Å². The number of carbonyl (C=O) groups is 1. The van der Waals surface area contributed by atoms with Crippen LogP contribution in [-0.2, 0) is 11.2 Å². The number of hydrogen-bond acceptors (Lipinski definition) is 3. The minimum absolute atomic E-state index is 0.000690. The Kier molecular flexibility index (Phi) is 4.43. The highest BCUT2D eigenvalue weighted by atomic mass is 16.5. The number of nitrogens with two attached hydrogens (primary N) is 1. The summed E-state index contributed by atoms with van der Waals surface area (Å²) in [7, 11) is 0. The zero-order valence-electron chi connectivity index (χ0n) is 11.6. The van der Waals surface area contributed by atoms with Crippen molar-refractivity contribution in [3.8, 4) is 5.75 Å². The number of hydrogen-bond donors (Lipinski definition) is 2. The zero-order chi connectivity index (χ0) is 13.8. The van der Waals surface area contributed by atoms with Crippen LogP contribution in [0.15, 0.2) is 24.3 Å². The van der Waals surface area contributed by atoms with E-state index >= 15 is 0 Å². The van der Waals surface area contributed by atoms with E-state index in [2.05, 4.69) is 19.2 Å². The van der Waals surface area contributed by atoms with Crippen LogP contribution in [-0.4, -0.2) is 25.1 Å². The number of rotatable bonds is 4. The van der Waals surface area contributed by atoms with E-state index in [1.165, 1.54) is 0 Å². The summed E-state index contributed by atoms with van der Waals surface area (Å²) in [6.45, 7) is 5.07. The molecule has 3 N–H and O–H groups in total. The van der Waals surface area contributed by atoms with Gasteiger partial charge in [0.25, 0.3) is 0 Å². The van der Waals surface area contributed by atoms with Gasteiger partial charge in [0, 0.05) is 12.6 Å². The molecule has 2 atom stereocenters. The largest absolute Gasteiger partial charge is 0.492 e. The molecule has 1 amide bonds. The number of ether oxygens (including phenoxy) is 1. The van der Waals surface area contributed by atoms with E-state index in [-0.39, 0.29) is 17.9 Å². The van der Waals surface area contributed by atoms with Crippen molar-refractivity contribution in [2.45, 2.75) is 26.3 Å². The van der Waals surface area contributed by atoms with Crippen LogP contribution in [0.4, 0.5) is 0 Å². The Bertz CT molecular complexity index is 446. The van der Waals surface area contributed by atoms with E-state index in [0.717, 1.165) is 17.7 Å². The van der Waals surface area contributed by atoms with Crippen molar-refractivity contribution < 1.29 is 9.53 Å². The Morgan fingerprint density at radius 3 is 2.95 bits per heavy atom. The number of carbonyl (C=O) groups excluding carboxylic acids is 1. The van der Waals surface area contributed by atoms with E-state index in [1.807, 2.05) is 24.3 Å². The molecule has 2 unspecified atom stereocenters. The molecule has 2 rings (SSSR count). The molecule has 0 bridgehead atoms. The lowest BCUT2D eigenvalue weighted by Crippen LogP contribution is -2.44. The normalized spacial score (nSPS) is 19.5. The van der Waals surface area contributed by atoms with Gasteiger partial charge in [-0.2, -0.15) is 0 Å². The Balaban J connectivity index is 1.89. The summed E-state index contributed by atoms with van der Waals surface area (Å²) in [6.07, 6.45) is 0.735. The minimum atomic E-state index is -0.116. The standard InChI is InChI=1S/C15H22N2O2/c1-10(2)13(16)8-17-15(18)12-7-11-5-3-4-6-14(11)19-9-12/h3-6,10,12-13H,7-9,16H2,1-2H3,(H,17,18). The molecule has 4 heteroatoms. The summed E-state index contributed by atoms with van der Waals surface area (Å²) < 4.78 is 5.62. The summed E-state index contributed by atoms with van der Waals surface area (Å²) in [4.78, 5) is 12.1. The lowest BCUT2D eigenvalue weighted by Gasteiger charge is -2.25. The highest BCUT2D eigenvalue weighted by Gasteiger charge is 2.25. The zero-order valence-corrected chi connectivity index (χ0v) is 11.6. The Morgan fingerprint density at radius 1 is 1.47 bits per heavy atom. The van der Waals surface area contributed by atoms with Crippen molar-refractivity contribution in [1.82, 2.24) is 5.32 Å². The topological polar surface area (TPSA) is 64.3 Å². The first-order chi connectivity index (χ1) is 9.08. The van der Waals surface area contributed by atoms with Crippen LogP contribution in [0.25, 0.3) is 0 Å². The van der Waals surface area contributed by atoms with Crippen molar-refractivity contribution in [1.29, 1.82) is 0 Å². The van der Waals surface area contributed by atoms with Crippen LogP contribution in [0.1, 0.15) is 19.4 Å². The fourth-order valence-electron chi connectivity index (χ4n) is 2.09. The Morgan fingerprint density at radius 2 is 2.21 bits per heavy atom. The summed E-state index contributed by atoms with van der Waals surface area (Å²) in [5.74, 6) is 1.17. The fraction of sp³-hybridized carbons (Fsp3) is 0.533. The van der Waals surface area contributed by atoms with Crippen LogP contribution in [0.2, 0.25) is 0 Å². The lowest BCUT2D eigenvalue weighted by atomic mass is 9.96. The second-order valence-electron chi connectivity index (χ2n) is 5.47. The first-order valence-electron chi connectivity index (χ1n) is 6.82. The van der Waals surface area contributed by atoms with Gasteiger partial charge in [0.2, 0.25) is 5.91 Å². The van der Waals surface area contributed by atoms with Gasteiger partial charge in [-0.25, -0.2) is 0 Å². The van der Waals surface area contributed by atoms with Crippen molar-refractivity contribution in [3.05, 3.63) is 29.8 Å². The molecule has 0 aliphatic carbocycles. The molecule has 19 heavy (non-hydrogen) atoms. The van der Waals surface area contributed by atoms with Gasteiger partial charge in [-0.05, 0) is 24.0 Å². The molecule has 0 spiro atoms. The van der Waals surface area contributed by atoms with E-state index in [4.69, 9.17) is 10.5 Å². The van der Waals surface area contributed by atoms with Gasteiger partial charge >= 0.3 is 0 Å². The summed E-state index contributed by atoms with van der Waals surface area (Å²) in [5.41, 5.74) is 7.02. The Labute approximate surface area is 114 Å². The monoisotopic (exact) mass is 262 g/mol. The predicted octanol–water partition coefficient (Wildman–Crippen LogP) is 1.34. The molecule has 0 radical (unpaired) electrons. The summed E-state index contributed by atoms with van der Waals surface area (Å²) >= 11 is 0. The van der Waals surface area contributed by atoms with Gasteiger partial charge in [-0.15, -0.1) is 0 Å². The van der Waals surface area contributed by atoms with E-state index in [0.29, 0.717) is 19.1 Å². The van der Waals surface area contributed by atoms with Gasteiger partial charge < -0.3 is 15.8 Å². The number of benzene rings is 1. The third-order valence-corrected chi connectivity index (χ3v) is 3.62. The maximum Gasteiger partial charge on any atom is 0.226 e. The van der Waals surface area contributed by atoms with Crippen molar-refractivity contribution >= 4 is 5.91 Å². The molecule has 4 nitrogen and oxygen atoms in total. The summed E-state index contributed by atoms with van der Waals surface area (Å²) in [5, 5.41) is 2.92. The number of amides is 1. The van der Waals surface area contributed by atoms with Gasteiger partial charge in [-0.1, -0.05) is 32.0 Å². The molecular formula is C15H22N2O2. The van der Waals surface area contributed by atoms with Crippen molar-refractivity contribution in [2.75, 3.05) is 13.2 Å². The predicted molar refractivity (Wildman–Crippen MR) is 75.0 cm³/mol. The molecular weight excluding hydrogens is 240 g/mol. The van der Waals surface area contributed by atoms with E-state index in [1.54, 1.807) is 0 Å². The minimum Gasteiger partial charge on any atom is -0.492 e. The van der Waals surface area contributed by atoms with Crippen molar-refractivity contribution in [3.63, 3.8) is 0 Å². The molecule has 0 saturated heterocycles. The number of fused-ring (bicyclic) bond motifs is 1. The molecule has 1 aliphatic rings. The average Bonchev–Trinajstić information content (AvgIpc) is 2.43. The van der Waals surface area contributed by atoms with Gasteiger partial charge in [0.05, 0.1) is 5.92 Å². The van der Waals surface area contributed by atoms with E-state index in [9.17, 15) is 4.79 Å². The maximum absolute atomic E-state index is 12.1. The second kappa shape index (κ2) is 6.06. The highest BCUT2D eigenvalue weighted by molar-refractivity contribution is 5.79. The quantitative estimate of drug-likeness (QED) is 0.860. The van der Waals surface area contributed by atoms with E-state index < -0.39 is 0 Å². The molecule has 104 valence electrons. The first-order valence-corrected chi connectivity index (χ1v) is 6.82. The summed E-state index contributed by atoms with van der Waals surface area (Å²) in [6, 6.07) is 7.87. The lowest BCUT2D eigenvalue weighted by molar-refractivity contribution is -0.126. The molecule has 0 aromatic heterocycles. The highest BCUT2D eigenvalue weighted by Crippen LogP contribution is 2.26. The SMILES string of the molecule is CC(C)C(N)CNC(=O)C1COc2ccccc2C1. The molecule has 0 saturated carbocycles. The van der Waals surface area contributed by atoms with Gasteiger partial charge in [-0.3, -0.25) is 4.79 Å². The van der Waals surface area contributed by atoms with Gasteiger partial charge in [0.1, 0.15) is 12.4 Å². The fourth-order valence-corrected chi connectivity index (χ4v) is 2.09. The molecule has 1 aliphatic heterocycles. The molecule has 1 aromatic carbocycles. The first kappa shape index (κ1) is 13.9.